The molecule has 1 heterocycles. The number of nitrogens with one attached hydrogen (secondary N) is 2. The molecular weight excluding hydrogens is 352 g/mol. The van der Waals surface area contributed by atoms with Gasteiger partial charge in [0, 0.05) is 25.3 Å². The van der Waals surface area contributed by atoms with E-state index >= 15 is 0 Å². The number of hydrogen-bond donors (Lipinski definition) is 3. The number of carboxylic acids is 1. The summed E-state index contributed by atoms with van der Waals surface area (Å²) in [5.41, 5.74) is 0.727. The highest BCUT2D eigenvalue weighted by atomic mass is 16.5. The fraction of sp³-hybridized carbons (Fsp3) is 0.526. The third-order valence-corrected chi connectivity index (χ3v) is 4.78. The predicted octanol–water partition coefficient (Wildman–Crippen LogP) is 0.698. The number of carboxylic acid groups (broad SMARTS) is 1. The second-order valence-corrected chi connectivity index (χ2v) is 6.84. The second-order valence-electron chi connectivity index (χ2n) is 6.84. The van der Waals surface area contributed by atoms with Crippen molar-refractivity contribution in [2.75, 3.05) is 19.8 Å². The summed E-state index contributed by atoms with van der Waals surface area (Å²) < 4.78 is 11.0. The van der Waals surface area contributed by atoms with Crippen molar-refractivity contribution in [2.45, 2.75) is 31.9 Å². The molecule has 2 fully saturated rings. The van der Waals surface area contributed by atoms with Crippen LogP contribution in [0.4, 0.5) is 0 Å². The number of benzene rings is 1. The van der Waals surface area contributed by atoms with Crippen molar-refractivity contribution >= 4 is 17.8 Å². The van der Waals surface area contributed by atoms with Gasteiger partial charge in [-0.3, -0.25) is 14.4 Å². The first-order valence-corrected chi connectivity index (χ1v) is 9.14. The molecule has 0 spiro atoms. The molecule has 3 atom stereocenters. The number of rotatable bonds is 9. The first-order chi connectivity index (χ1) is 13.0. The number of hydrogen-bond acceptors (Lipinski definition) is 5. The molecule has 3 unspecified atom stereocenters. The topological polar surface area (TPSA) is 114 Å². The lowest BCUT2D eigenvalue weighted by Crippen LogP contribution is -2.35. The Hall–Kier alpha value is -2.61. The molecule has 2 amide bonds. The fourth-order valence-corrected chi connectivity index (χ4v) is 3.09. The molecule has 1 aromatic rings. The Morgan fingerprint density at radius 1 is 1.19 bits per heavy atom. The third kappa shape index (κ3) is 5.43. The van der Waals surface area contributed by atoms with E-state index in [0.717, 1.165) is 25.0 Å². The van der Waals surface area contributed by atoms with Gasteiger partial charge < -0.3 is 25.2 Å². The van der Waals surface area contributed by atoms with Gasteiger partial charge in [0.15, 0.2) is 6.61 Å². The summed E-state index contributed by atoms with van der Waals surface area (Å²) in [6.45, 7) is 1.31. The predicted molar refractivity (Wildman–Crippen MR) is 95.0 cm³/mol. The Kier molecular flexibility index (Phi) is 6.28. The number of aliphatic carboxylic acids is 1. The molecule has 0 radical (unpaired) electrons. The molecule has 0 bridgehead atoms. The molecule has 1 aromatic carbocycles. The molecule has 1 saturated heterocycles. The maximum atomic E-state index is 12.0. The Bertz CT molecular complexity index is 701. The zero-order valence-electron chi connectivity index (χ0n) is 15.0. The van der Waals surface area contributed by atoms with Gasteiger partial charge in [-0.25, -0.2) is 0 Å². The Labute approximate surface area is 157 Å². The van der Waals surface area contributed by atoms with Crippen molar-refractivity contribution in [1.29, 1.82) is 0 Å². The minimum atomic E-state index is -0.937. The molecule has 146 valence electrons. The van der Waals surface area contributed by atoms with E-state index in [9.17, 15) is 14.4 Å². The highest BCUT2D eigenvalue weighted by molar-refractivity contribution is 5.89. The number of para-hydroxylation sites is 1. The lowest BCUT2D eigenvalue weighted by atomic mass is 10.2. The molecular formula is C19H24N2O6. The standard InChI is InChI=1S/C19H24N2O6/c22-17(20-10-13-5-3-7-26-13)11-27-16-6-2-1-4-12(16)9-21-18(23)14-8-15(14)19(24)25/h1-2,4,6,13-15H,3,5,7-11H2,(H,20,22)(H,21,23)(H,24,25). The van der Waals surface area contributed by atoms with Crippen molar-refractivity contribution in [3.05, 3.63) is 29.8 Å². The van der Waals surface area contributed by atoms with Crippen molar-refractivity contribution in [3.63, 3.8) is 0 Å². The van der Waals surface area contributed by atoms with Crippen LogP contribution >= 0.6 is 0 Å². The minimum absolute atomic E-state index is 0.0773. The van der Waals surface area contributed by atoms with E-state index in [1.54, 1.807) is 18.2 Å². The van der Waals surface area contributed by atoms with Crippen molar-refractivity contribution in [1.82, 2.24) is 10.6 Å². The van der Waals surface area contributed by atoms with Gasteiger partial charge in [0.2, 0.25) is 5.91 Å². The minimum Gasteiger partial charge on any atom is -0.483 e. The van der Waals surface area contributed by atoms with Gasteiger partial charge in [-0.15, -0.1) is 0 Å². The van der Waals surface area contributed by atoms with Crippen LogP contribution in [-0.2, 0) is 25.7 Å². The molecule has 27 heavy (non-hydrogen) atoms. The number of ether oxygens (including phenoxy) is 2. The smallest absolute Gasteiger partial charge is 0.307 e. The normalized spacial score (nSPS) is 23.5. The highest BCUT2D eigenvalue weighted by Gasteiger charge is 2.48. The van der Waals surface area contributed by atoms with E-state index in [1.807, 2.05) is 6.07 Å². The molecule has 1 saturated carbocycles. The van der Waals surface area contributed by atoms with Gasteiger partial charge in [0.05, 0.1) is 17.9 Å². The van der Waals surface area contributed by atoms with Crippen LogP contribution in [0.15, 0.2) is 24.3 Å². The monoisotopic (exact) mass is 376 g/mol. The summed E-state index contributed by atoms with van der Waals surface area (Å²) in [6, 6.07) is 7.11. The average Bonchev–Trinajstić information content (AvgIpc) is 3.31. The summed E-state index contributed by atoms with van der Waals surface area (Å²) in [4.78, 5) is 34.8. The molecule has 1 aliphatic heterocycles. The average molecular weight is 376 g/mol. The van der Waals surface area contributed by atoms with Crippen LogP contribution in [0.5, 0.6) is 5.75 Å². The van der Waals surface area contributed by atoms with Gasteiger partial charge in [-0.2, -0.15) is 0 Å². The van der Waals surface area contributed by atoms with E-state index < -0.39 is 17.8 Å². The maximum absolute atomic E-state index is 12.0. The van der Waals surface area contributed by atoms with Crippen molar-refractivity contribution in [2.24, 2.45) is 11.8 Å². The zero-order valence-corrected chi connectivity index (χ0v) is 15.0. The summed E-state index contributed by atoms with van der Waals surface area (Å²) in [5.74, 6) is -1.97. The SMILES string of the molecule is O=C(COc1ccccc1CNC(=O)C1CC1C(=O)O)NCC1CCCO1. The zero-order chi connectivity index (χ0) is 19.2. The quantitative estimate of drug-likeness (QED) is 0.585. The number of carbonyl (C=O) groups excluding carboxylic acids is 2. The first-order valence-electron chi connectivity index (χ1n) is 9.14. The summed E-state index contributed by atoms with van der Waals surface area (Å²) in [5, 5.41) is 14.4. The van der Waals surface area contributed by atoms with E-state index in [-0.39, 0.29) is 31.1 Å². The largest absolute Gasteiger partial charge is 0.483 e. The van der Waals surface area contributed by atoms with Gasteiger partial charge in [0.25, 0.3) is 5.91 Å². The molecule has 3 rings (SSSR count). The Morgan fingerprint density at radius 2 is 2.00 bits per heavy atom. The third-order valence-electron chi connectivity index (χ3n) is 4.78. The molecule has 8 nitrogen and oxygen atoms in total. The van der Waals surface area contributed by atoms with Crippen LogP contribution in [0.1, 0.15) is 24.8 Å². The lowest BCUT2D eigenvalue weighted by Gasteiger charge is -2.13. The maximum Gasteiger partial charge on any atom is 0.307 e. The highest BCUT2D eigenvalue weighted by Crippen LogP contribution is 2.38. The second kappa shape index (κ2) is 8.85. The van der Waals surface area contributed by atoms with E-state index in [4.69, 9.17) is 14.6 Å². The van der Waals surface area contributed by atoms with Crippen LogP contribution in [0, 0.1) is 11.8 Å². The van der Waals surface area contributed by atoms with Crippen LogP contribution in [0.2, 0.25) is 0 Å². The first kappa shape index (κ1) is 19.2. The van der Waals surface area contributed by atoms with Crippen LogP contribution < -0.4 is 15.4 Å². The van der Waals surface area contributed by atoms with Crippen LogP contribution in [-0.4, -0.2) is 48.8 Å². The van der Waals surface area contributed by atoms with Crippen molar-refractivity contribution < 1.29 is 29.0 Å². The van der Waals surface area contributed by atoms with E-state index in [0.29, 0.717) is 18.7 Å². The number of carbonyl (C=O) groups is 3. The van der Waals surface area contributed by atoms with Crippen molar-refractivity contribution in [3.8, 4) is 5.75 Å². The summed E-state index contributed by atoms with van der Waals surface area (Å²) in [6.07, 6.45) is 2.43. The molecule has 0 aromatic heterocycles. The summed E-state index contributed by atoms with van der Waals surface area (Å²) >= 11 is 0. The molecule has 8 heteroatoms. The summed E-state index contributed by atoms with van der Waals surface area (Å²) in [7, 11) is 0. The molecule has 2 aliphatic rings. The Morgan fingerprint density at radius 3 is 2.70 bits per heavy atom. The van der Waals surface area contributed by atoms with Crippen LogP contribution in [0.3, 0.4) is 0 Å². The molecule has 3 N–H and O–H groups in total. The fourth-order valence-electron chi connectivity index (χ4n) is 3.09. The van der Waals surface area contributed by atoms with E-state index in [1.165, 1.54) is 0 Å². The van der Waals surface area contributed by atoms with E-state index in [2.05, 4.69) is 10.6 Å². The number of amides is 2. The van der Waals surface area contributed by atoms with Gasteiger partial charge in [-0.1, -0.05) is 18.2 Å². The van der Waals surface area contributed by atoms with Gasteiger partial charge in [-0.05, 0) is 25.3 Å². The lowest BCUT2D eigenvalue weighted by molar-refractivity contribution is -0.140. The molecule has 1 aliphatic carbocycles. The van der Waals surface area contributed by atoms with Gasteiger partial charge in [0.1, 0.15) is 5.75 Å². The van der Waals surface area contributed by atoms with Gasteiger partial charge >= 0.3 is 5.97 Å². The van der Waals surface area contributed by atoms with Crippen LogP contribution in [0.25, 0.3) is 0 Å². The Balaban J connectivity index is 1.43.